The minimum Gasteiger partial charge on any atom is -0.0636 e. The zero-order valence-corrected chi connectivity index (χ0v) is 30.1. The lowest BCUT2D eigenvalue weighted by atomic mass is 10.1. The Morgan fingerprint density at radius 3 is 0.810 bits per heavy atom. The van der Waals surface area contributed by atoms with E-state index in [4.69, 9.17) is 0 Å². The Morgan fingerprint density at radius 2 is 0.548 bits per heavy atom. The van der Waals surface area contributed by atoms with Crippen molar-refractivity contribution in [2.75, 3.05) is 0 Å². The summed E-state index contributed by atoms with van der Waals surface area (Å²) < 4.78 is 0. The Kier molecular flexibility index (Phi) is 11.1. The van der Waals surface area contributed by atoms with Crippen LogP contribution in [-0.2, 0) is 0 Å². The summed E-state index contributed by atoms with van der Waals surface area (Å²) in [6, 6.07) is 39.5. The first-order chi connectivity index (χ1) is 19.4. The highest BCUT2D eigenvalue weighted by atomic mass is 31.1. The molecule has 0 saturated heterocycles. The molecular formula is C40H54P2. The van der Waals surface area contributed by atoms with Crippen molar-refractivity contribution >= 4 is 26.5 Å². The van der Waals surface area contributed by atoms with E-state index in [1.165, 1.54) is 32.9 Å². The van der Waals surface area contributed by atoms with Gasteiger partial charge in [0.1, 0.15) is 0 Å². The molecular weight excluding hydrogens is 542 g/mol. The third-order valence-corrected chi connectivity index (χ3v) is 14.3. The number of rotatable bonds is 4. The van der Waals surface area contributed by atoms with Gasteiger partial charge in [0.25, 0.3) is 0 Å². The van der Waals surface area contributed by atoms with Gasteiger partial charge in [-0.05, 0) is 53.5 Å². The monoisotopic (exact) mass is 596 g/mol. The standard InChI is InChI=1S/2C20H27P/c2*1-19(2,3)21(20(4,5)6)18-15-11-10-14-17(18)16-12-8-7-9-13-16/h2*7-15H,1-6H3. The molecule has 0 fully saturated rings. The van der Waals surface area contributed by atoms with Gasteiger partial charge in [-0.1, -0.05) is 208 Å². The second-order valence-corrected chi connectivity index (χ2v) is 22.8. The summed E-state index contributed by atoms with van der Waals surface area (Å²) in [5.74, 6) is 0. The van der Waals surface area contributed by atoms with Gasteiger partial charge in [0, 0.05) is 0 Å². The largest absolute Gasteiger partial charge is 0.0636 e. The van der Waals surface area contributed by atoms with E-state index in [0.29, 0.717) is 20.6 Å². The van der Waals surface area contributed by atoms with Crippen LogP contribution in [0.1, 0.15) is 83.1 Å². The van der Waals surface area contributed by atoms with Crippen LogP contribution < -0.4 is 10.6 Å². The molecule has 0 aromatic heterocycles. The maximum Gasteiger partial charge on any atom is -0.0107 e. The van der Waals surface area contributed by atoms with Crippen molar-refractivity contribution in [2.45, 2.75) is 104 Å². The second-order valence-electron chi connectivity index (χ2n) is 15.1. The zero-order chi connectivity index (χ0) is 31.3. The van der Waals surface area contributed by atoms with Crippen LogP contribution in [0.15, 0.2) is 109 Å². The van der Waals surface area contributed by atoms with E-state index in [0.717, 1.165) is 0 Å². The van der Waals surface area contributed by atoms with Crippen molar-refractivity contribution in [3.05, 3.63) is 109 Å². The number of hydrogen-bond donors (Lipinski definition) is 0. The van der Waals surface area contributed by atoms with Crippen LogP contribution in [0.5, 0.6) is 0 Å². The van der Waals surface area contributed by atoms with Crippen molar-refractivity contribution in [3.8, 4) is 22.3 Å². The molecule has 4 aromatic carbocycles. The Bertz CT molecular complexity index is 1250. The zero-order valence-electron chi connectivity index (χ0n) is 28.3. The topological polar surface area (TPSA) is 0 Å². The van der Waals surface area contributed by atoms with E-state index in [-0.39, 0.29) is 15.8 Å². The van der Waals surface area contributed by atoms with Crippen LogP contribution in [0.2, 0.25) is 0 Å². The molecule has 0 spiro atoms. The van der Waals surface area contributed by atoms with Gasteiger partial charge in [-0.2, -0.15) is 0 Å². The molecule has 0 radical (unpaired) electrons. The van der Waals surface area contributed by atoms with Gasteiger partial charge in [0.15, 0.2) is 0 Å². The SMILES string of the molecule is CC(C)(C)P(c1ccccc1-c1ccccc1)C(C)(C)C.CC(C)(C)P(c1ccccc1-c1ccccc1)C(C)(C)C. The Balaban J connectivity index is 0.000000230. The van der Waals surface area contributed by atoms with E-state index in [2.05, 4.69) is 192 Å². The summed E-state index contributed by atoms with van der Waals surface area (Å²) in [7, 11) is -0.565. The smallest absolute Gasteiger partial charge is 0.0107 e. The van der Waals surface area contributed by atoms with E-state index in [1.54, 1.807) is 0 Å². The minimum absolute atomic E-state index is 0.282. The molecule has 0 amide bonds. The van der Waals surface area contributed by atoms with Crippen molar-refractivity contribution < 1.29 is 0 Å². The first kappa shape index (κ1) is 34.2. The predicted molar refractivity (Wildman–Crippen MR) is 196 cm³/mol. The van der Waals surface area contributed by atoms with Gasteiger partial charge in [-0.3, -0.25) is 0 Å². The Hall–Kier alpha value is -2.26. The van der Waals surface area contributed by atoms with Gasteiger partial charge in [-0.25, -0.2) is 0 Å². The van der Waals surface area contributed by atoms with Gasteiger partial charge in [0.05, 0.1) is 0 Å². The molecule has 0 aliphatic carbocycles. The fourth-order valence-corrected chi connectivity index (χ4v) is 14.8. The van der Waals surface area contributed by atoms with Gasteiger partial charge in [-0.15, -0.1) is 0 Å². The predicted octanol–water partition coefficient (Wildman–Crippen LogP) is 12.1. The second kappa shape index (κ2) is 13.6. The van der Waals surface area contributed by atoms with Gasteiger partial charge in [0.2, 0.25) is 0 Å². The average molecular weight is 597 g/mol. The highest BCUT2D eigenvalue weighted by Gasteiger charge is 2.38. The van der Waals surface area contributed by atoms with Crippen LogP contribution in [0, 0.1) is 0 Å². The summed E-state index contributed by atoms with van der Waals surface area (Å²) in [4.78, 5) is 0. The van der Waals surface area contributed by atoms with Crippen LogP contribution in [-0.4, -0.2) is 20.6 Å². The summed E-state index contributed by atoms with van der Waals surface area (Å²) in [5.41, 5.74) is 5.45. The van der Waals surface area contributed by atoms with E-state index < -0.39 is 0 Å². The third-order valence-electron chi connectivity index (χ3n) is 7.14. The Labute approximate surface area is 260 Å². The summed E-state index contributed by atoms with van der Waals surface area (Å²) in [5, 5.41) is 4.21. The molecule has 0 aliphatic heterocycles. The van der Waals surface area contributed by atoms with Crippen LogP contribution in [0.25, 0.3) is 22.3 Å². The fourth-order valence-electron chi connectivity index (χ4n) is 6.52. The van der Waals surface area contributed by atoms with Crippen LogP contribution >= 0.6 is 15.8 Å². The van der Waals surface area contributed by atoms with Crippen molar-refractivity contribution in [1.29, 1.82) is 0 Å². The first-order valence-corrected chi connectivity index (χ1v) is 18.0. The molecule has 42 heavy (non-hydrogen) atoms. The molecule has 4 rings (SSSR count). The van der Waals surface area contributed by atoms with Crippen molar-refractivity contribution in [2.24, 2.45) is 0 Å². The summed E-state index contributed by atoms with van der Waals surface area (Å²) >= 11 is 0. The molecule has 224 valence electrons. The van der Waals surface area contributed by atoms with Gasteiger partial charge >= 0.3 is 0 Å². The van der Waals surface area contributed by atoms with E-state index >= 15 is 0 Å². The molecule has 0 atom stereocenters. The first-order valence-electron chi connectivity index (χ1n) is 15.3. The lowest BCUT2D eigenvalue weighted by Gasteiger charge is -2.42. The minimum atomic E-state index is -0.282. The summed E-state index contributed by atoms with van der Waals surface area (Å²) in [6.45, 7) is 28.6. The fraction of sp³-hybridized carbons (Fsp3) is 0.400. The Morgan fingerprint density at radius 1 is 0.310 bits per heavy atom. The molecule has 0 bridgehead atoms. The highest BCUT2D eigenvalue weighted by Crippen LogP contribution is 2.60. The van der Waals surface area contributed by atoms with Crippen LogP contribution in [0.3, 0.4) is 0 Å². The molecule has 0 N–H and O–H groups in total. The normalized spacial score (nSPS) is 12.7. The quantitative estimate of drug-likeness (QED) is 0.206. The van der Waals surface area contributed by atoms with Gasteiger partial charge < -0.3 is 0 Å². The number of benzene rings is 4. The molecule has 0 saturated carbocycles. The highest BCUT2D eigenvalue weighted by molar-refractivity contribution is 7.69. The third kappa shape index (κ3) is 8.88. The molecule has 0 nitrogen and oxygen atoms in total. The lowest BCUT2D eigenvalue weighted by molar-refractivity contribution is 0.714. The van der Waals surface area contributed by atoms with Crippen molar-refractivity contribution in [3.63, 3.8) is 0 Å². The van der Waals surface area contributed by atoms with E-state index in [1.807, 2.05) is 0 Å². The maximum atomic E-state index is 2.38. The lowest BCUT2D eigenvalue weighted by Crippen LogP contribution is -2.31. The maximum absolute atomic E-state index is 2.38. The molecule has 2 heteroatoms. The van der Waals surface area contributed by atoms with E-state index in [9.17, 15) is 0 Å². The van der Waals surface area contributed by atoms with Crippen molar-refractivity contribution in [1.82, 2.24) is 0 Å². The number of hydrogen-bond acceptors (Lipinski definition) is 0. The molecule has 0 heterocycles. The summed E-state index contributed by atoms with van der Waals surface area (Å²) in [6.07, 6.45) is 0. The average Bonchev–Trinajstić information content (AvgIpc) is 2.87. The molecule has 0 aliphatic rings. The molecule has 0 unspecified atom stereocenters. The van der Waals surface area contributed by atoms with Crippen LogP contribution in [0.4, 0.5) is 0 Å². The molecule has 4 aromatic rings.